The second kappa shape index (κ2) is 11.2. The molecule has 0 saturated heterocycles. The zero-order valence-corrected chi connectivity index (χ0v) is 23.6. The summed E-state index contributed by atoms with van der Waals surface area (Å²) in [6.45, 7) is 2.13. The summed E-state index contributed by atoms with van der Waals surface area (Å²) >= 11 is 0. The quantitative estimate of drug-likeness (QED) is 0.254. The Morgan fingerprint density at radius 3 is 2.57 bits per heavy atom. The molecule has 212 valence electrons. The number of benzene rings is 2. The van der Waals surface area contributed by atoms with E-state index >= 15 is 0 Å². The summed E-state index contributed by atoms with van der Waals surface area (Å²) in [6.07, 6.45) is 9.57. The van der Waals surface area contributed by atoms with Crippen LogP contribution in [0, 0.1) is 0 Å². The molecule has 0 aliphatic heterocycles. The van der Waals surface area contributed by atoms with Crippen LogP contribution in [-0.2, 0) is 12.8 Å². The third-order valence-electron chi connectivity index (χ3n) is 8.57. The number of hydrogen-bond donors (Lipinski definition) is 2. The van der Waals surface area contributed by atoms with Gasteiger partial charge in [0.15, 0.2) is 0 Å². The molecule has 2 N–H and O–H groups in total. The van der Waals surface area contributed by atoms with E-state index in [1.165, 1.54) is 5.69 Å². The first-order chi connectivity index (χ1) is 20.7. The van der Waals surface area contributed by atoms with E-state index in [-0.39, 0.29) is 11.6 Å². The van der Waals surface area contributed by atoms with E-state index < -0.39 is 0 Å². The summed E-state index contributed by atoms with van der Waals surface area (Å²) < 4.78 is 3.82. The molecule has 0 unspecified atom stereocenters. The van der Waals surface area contributed by atoms with E-state index in [0.717, 1.165) is 72.0 Å². The van der Waals surface area contributed by atoms with Crippen LogP contribution in [0.15, 0.2) is 78.0 Å². The molecule has 10 heteroatoms. The van der Waals surface area contributed by atoms with Crippen LogP contribution in [-0.4, -0.2) is 44.8 Å². The number of tetrazole rings is 1. The second-order valence-electron chi connectivity index (χ2n) is 11.1. The topological polar surface area (TPSA) is 122 Å². The number of nitrogens with zero attached hydrogens (tertiary/aromatic N) is 7. The molecular weight excluding hydrogens is 526 g/mol. The molecule has 0 amide bonds. The highest BCUT2D eigenvalue weighted by atomic mass is 16.1. The molecule has 0 atom stereocenters. The van der Waals surface area contributed by atoms with Crippen molar-refractivity contribution in [3.05, 3.63) is 106 Å². The largest absolute Gasteiger partial charge is 0.365 e. The van der Waals surface area contributed by atoms with E-state index in [1.807, 2.05) is 33.5 Å². The van der Waals surface area contributed by atoms with Crippen molar-refractivity contribution in [1.29, 1.82) is 0 Å². The number of nitrogens with one attached hydrogen (secondary N) is 2. The van der Waals surface area contributed by atoms with Gasteiger partial charge in [-0.3, -0.25) is 9.36 Å². The van der Waals surface area contributed by atoms with Crippen LogP contribution in [0.2, 0.25) is 0 Å². The van der Waals surface area contributed by atoms with Crippen LogP contribution < -0.4 is 5.56 Å². The lowest BCUT2D eigenvalue weighted by Crippen LogP contribution is -2.34. The molecule has 1 saturated carbocycles. The van der Waals surface area contributed by atoms with Gasteiger partial charge in [-0.2, -0.15) is 15.3 Å². The van der Waals surface area contributed by atoms with Gasteiger partial charge >= 0.3 is 0 Å². The summed E-state index contributed by atoms with van der Waals surface area (Å²) in [7, 11) is 0. The molecule has 7 rings (SSSR count). The van der Waals surface area contributed by atoms with E-state index in [1.54, 1.807) is 6.33 Å². The lowest BCUT2D eigenvalue weighted by Gasteiger charge is -2.30. The molecule has 6 aromatic rings. The Morgan fingerprint density at radius 1 is 0.976 bits per heavy atom. The molecule has 4 aromatic heterocycles. The van der Waals surface area contributed by atoms with E-state index in [0.29, 0.717) is 23.9 Å². The fraction of sp³-hybridized carbons (Fsp3) is 0.312. The summed E-state index contributed by atoms with van der Waals surface area (Å²) in [5, 5.41) is 19.6. The third-order valence-corrected chi connectivity index (χ3v) is 8.57. The number of fused-ring (bicyclic) bond motifs is 1. The molecule has 0 spiro atoms. The van der Waals surface area contributed by atoms with E-state index in [9.17, 15) is 4.79 Å². The summed E-state index contributed by atoms with van der Waals surface area (Å²) in [5.74, 6) is 1.65. The van der Waals surface area contributed by atoms with Crippen LogP contribution in [0.1, 0.15) is 73.5 Å². The predicted molar refractivity (Wildman–Crippen MR) is 160 cm³/mol. The number of aryl methyl sites for hydroxylation is 1. The maximum Gasteiger partial charge on any atom is 0.259 e. The Hall–Kier alpha value is -4.86. The van der Waals surface area contributed by atoms with E-state index in [4.69, 9.17) is 0 Å². The zero-order valence-electron chi connectivity index (χ0n) is 23.6. The summed E-state index contributed by atoms with van der Waals surface area (Å²) in [5.41, 5.74) is 6.97. The number of H-pyrrole nitrogens is 2. The number of rotatable bonds is 8. The SMILES string of the molecule is CCCc1c(Cc2ccc(-c3ccccc3)c(-c3nn[nH]n3)c2)c(=O)n(C2CCC(c3ccc[nH]3)CC2)c2ncnn12. The lowest BCUT2D eigenvalue weighted by atomic mass is 9.84. The average Bonchev–Trinajstić information content (AvgIpc) is 3.83. The van der Waals surface area contributed by atoms with Crippen LogP contribution >= 0.6 is 0 Å². The van der Waals surface area contributed by atoms with Crippen molar-refractivity contribution in [1.82, 2.24) is 44.8 Å². The van der Waals surface area contributed by atoms with Gasteiger partial charge in [0, 0.05) is 35.5 Å². The first kappa shape index (κ1) is 26.1. The smallest absolute Gasteiger partial charge is 0.259 e. The van der Waals surface area contributed by atoms with Crippen molar-refractivity contribution in [3.8, 4) is 22.5 Å². The van der Waals surface area contributed by atoms with Crippen LogP contribution in [0.4, 0.5) is 0 Å². The third kappa shape index (κ3) is 4.72. The predicted octanol–water partition coefficient (Wildman–Crippen LogP) is 5.51. The van der Waals surface area contributed by atoms with Crippen molar-refractivity contribution in [2.75, 3.05) is 0 Å². The van der Waals surface area contributed by atoms with Gasteiger partial charge in [0.1, 0.15) is 6.33 Å². The Bertz CT molecular complexity index is 1850. The van der Waals surface area contributed by atoms with Crippen LogP contribution in [0.3, 0.4) is 0 Å². The fourth-order valence-corrected chi connectivity index (χ4v) is 6.56. The van der Waals surface area contributed by atoms with Gasteiger partial charge in [-0.1, -0.05) is 55.8 Å². The molecule has 1 aliphatic carbocycles. The lowest BCUT2D eigenvalue weighted by molar-refractivity contribution is 0.317. The zero-order chi connectivity index (χ0) is 28.5. The van der Waals surface area contributed by atoms with Crippen molar-refractivity contribution in [2.45, 2.75) is 63.8 Å². The van der Waals surface area contributed by atoms with Gasteiger partial charge in [0.25, 0.3) is 5.56 Å². The Balaban J connectivity index is 1.30. The van der Waals surface area contributed by atoms with Gasteiger partial charge in [0.05, 0.1) is 5.69 Å². The highest BCUT2D eigenvalue weighted by molar-refractivity contribution is 5.80. The molecule has 2 aromatic carbocycles. The maximum absolute atomic E-state index is 14.4. The molecule has 10 nitrogen and oxygen atoms in total. The molecular formula is C32H33N9O. The standard InChI is InChI=1S/C32H33N9O/c1-2-7-29-27(19-21-11-16-25(22-8-4-3-5-9-22)26(18-21)30-36-38-39-37-30)31(42)40(32-34-20-35-41(29)32)24-14-12-23(13-15-24)28-10-6-17-33-28/h3-6,8-11,16-18,20,23-24,33H,2,7,12-15,19H2,1H3,(H,36,37,38,39). The Labute approximate surface area is 242 Å². The van der Waals surface area contributed by atoms with Crippen molar-refractivity contribution in [2.24, 2.45) is 0 Å². The Morgan fingerprint density at radius 2 is 1.83 bits per heavy atom. The second-order valence-corrected chi connectivity index (χ2v) is 11.1. The summed E-state index contributed by atoms with van der Waals surface area (Å²) in [6, 6.07) is 20.7. The van der Waals surface area contributed by atoms with Crippen molar-refractivity contribution in [3.63, 3.8) is 0 Å². The Kier molecular flexibility index (Phi) is 6.95. The van der Waals surface area contributed by atoms with E-state index in [2.05, 4.69) is 85.1 Å². The highest BCUT2D eigenvalue weighted by Crippen LogP contribution is 2.38. The molecule has 4 heterocycles. The molecule has 0 bridgehead atoms. The normalized spacial score (nSPS) is 17.2. The van der Waals surface area contributed by atoms with Gasteiger partial charge < -0.3 is 4.98 Å². The van der Waals surface area contributed by atoms with Crippen LogP contribution in [0.5, 0.6) is 0 Å². The minimum absolute atomic E-state index is 0.0375. The minimum Gasteiger partial charge on any atom is -0.365 e. The summed E-state index contributed by atoms with van der Waals surface area (Å²) in [4.78, 5) is 22.4. The van der Waals surface area contributed by atoms with Gasteiger partial charge in [0.2, 0.25) is 11.6 Å². The van der Waals surface area contributed by atoms with Crippen LogP contribution in [0.25, 0.3) is 28.3 Å². The number of aromatic nitrogens is 9. The van der Waals surface area contributed by atoms with Gasteiger partial charge in [-0.15, -0.1) is 10.2 Å². The average molecular weight is 560 g/mol. The first-order valence-corrected chi connectivity index (χ1v) is 14.7. The molecule has 1 aliphatic rings. The fourth-order valence-electron chi connectivity index (χ4n) is 6.56. The minimum atomic E-state index is 0.0375. The number of aromatic amines is 2. The van der Waals surface area contributed by atoms with Crippen molar-refractivity contribution >= 4 is 5.78 Å². The molecule has 0 radical (unpaired) electrons. The van der Waals surface area contributed by atoms with Gasteiger partial charge in [-0.25, -0.2) is 4.52 Å². The monoisotopic (exact) mass is 559 g/mol. The first-order valence-electron chi connectivity index (χ1n) is 14.7. The number of hydrogen-bond acceptors (Lipinski definition) is 6. The van der Waals surface area contributed by atoms with Gasteiger partial charge in [-0.05, 0) is 78.1 Å². The van der Waals surface area contributed by atoms with Crippen molar-refractivity contribution < 1.29 is 0 Å². The maximum atomic E-state index is 14.4. The highest BCUT2D eigenvalue weighted by Gasteiger charge is 2.29. The molecule has 42 heavy (non-hydrogen) atoms. The molecule has 1 fully saturated rings.